The van der Waals surface area contributed by atoms with Gasteiger partial charge in [0.1, 0.15) is 0 Å². The summed E-state index contributed by atoms with van der Waals surface area (Å²) in [5.41, 5.74) is 0. The monoisotopic (exact) mass is 144 g/mol. The number of carboxylic acid groups (broad SMARTS) is 1. The van der Waals surface area contributed by atoms with Gasteiger partial charge in [-0.2, -0.15) is 0 Å². The van der Waals surface area contributed by atoms with E-state index in [1.54, 1.807) is 0 Å². The van der Waals surface area contributed by atoms with E-state index in [0.29, 0.717) is 6.54 Å². The molecule has 0 spiro atoms. The van der Waals surface area contributed by atoms with Gasteiger partial charge in [0.15, 0.2) is 0 Å². The summed E-state index contributed by atoms with van der Waals surface area (Å²) >= 11 is 0. The zero-order valence-electron chi connectivity index (χ0n) is 5.26. The van der Waals surface area contributed by atoms with Crippen LogP contribution < -0.4 is 10.6 Å². The third-order valence-corrected chi connectivity index (χ3v) is 1.27. The van der Waals surface area contributed by atoms with Crippen molar-refractivity contribution in [3.8, 4) is 0 Å². The maximum Gasteiger partial charge on any atom is 0.315 e. The first-order chi connectivity index (χ1) is 4.68. The predicted octanol–water partition coefficient (Wildman–Crippen LogP) is -0.858. The van der Waals surface area contributed by atoms with Crippen LogP contribution in [-0.4, -0.2) is 29.7 Å². The minimum Gasteiger partial charge on any atom is -0.481 e. The normalized spacial score (nSPS) is 23.6. The van der Waals surface area contributed by atoms with Crippen LogP contribution in [0.4, 0.5) is 4.79 Å². The van der Waals surface area contributed by atoms with E-state index in [4.69, 9.17) is 5.11 Å². The fourth-order valence-electron chi connectivity index (χ4n) is 0.837. The molecule has 5 heteroatoms. The molecule has 0 aromatic rings. The van der Waals surface area contributed by atoms with Gasteiger partial charge in [-0.25, -0.2) is 4.79 Å². The highest BCUT2D eigenvalue weighted by Crippen LogP contribution is 1.95. The lowest BCUT2D eigenvalue weighted by molar-refractivity contribution is -0.137. The summed E-state index contributed by atoms with van der Waals surface area (Å²) in [6, 6.07) is -0.531. The van der Waals surface area contributed by atoms with E-state index in [1.165, 1.54) is 0 Å². The fourth-order valence-corrected chi connectivity index (χ4v) is 0.837. The Hall–Kier alpha value is -1.26. The zero-order valence-corrected chi connectivity index (χ0v) is 5.26. The van der Waals surface area contributed by atoms with Gasteiger partial charge in [-0.05, 0) is 0 Å². The second kappa shape index (κ2) is 2.55. The first-order valence-electron chi connectivity index (χ1n) is 2.94. The number of hydrogen-bond donors (Lipinski definition) is 3. The number of rotatable bonds is 2. The number of carbonyl (C=O) groups excluding carboxylic acids is 1. The molecule has 2 amide bonds. The summed E-state index contributed by atoms with van der Waals surface area (Å²) in [5, 5.41) is 13.2. The van der Waals surface area contributed by atoms with Gasteiger partial charge in [0.05, 0.1) is 12.5 Å². The standard InChI is InChI=1S/C5H8N2O3/c8-4(9)1-3-2-6-5(10)7-3/h3H,1-2H2,(H,8,9)(H2,6,7,10)/t3-/m1/s1. The molecule has 0 saturated carbocycles. The molecule has 5 nitrogen and oxygen atoms in total. The average Bonchev–Trinajstić information content (AvgIpc) is 2.13. The van der Waals surface area contributed by atoms with Gasteiger partial charge < -0.3 is 15.7 Å². The van der Waals surface area contributed by atoms with Crippen molar-refractivity contribution in [1.29, 1.82) is 0 Å². The van der Waals surface area contributed by atoms with E-state index in [1.807, 2.05) is 0 Å². The van der Waals surface area contributed by atoms with Crippen molar-refractivity contribution in [2.75, 3.05) is 6.54 Å². The number of hydrogen-bond acceptors (Lipinski definition) is 2. The number of urea groups is 1. The Morgan fingerprint density at radius 2 is 2.50 bits per heavy atom. The highest BCUT2D eigenvalue weighted by atomic mass is 16.4. The first-order valence-corrected chi connectivity index (χ1v) is 2.94. The maximum absolute atomic E-state index is 10.4. The van der Waals surface area contributed by atoms with Gasteiger partial charge in [-0.1, -0.05) is 0 Å². The lowest BCUT2D eigenvalue weighted by Gasteiger charge is -2.01. The lowest BCUT2D eigenvalue weighted by atomic mass is 10.2. The smallest absolute Gasteiger partial charge is 0.315 e. The van der Waals surface area contributed by atoms with Crippen LogP contribution in [0.3, 0.4) is 0 Å². The molecule has 1 heterocycles. The predicted molar refractivity (Wildman–Crippen MR) is 32.6 cm³/mol. The van der Waals surface area contributed by atoms with E-state index in [0.717, 1.165) is 0 Å². The van der Waals surface area contributed by atoms with Crippen LogP contribution in [0.15, 0.2) is 0 Å². The lowest BCUT2D eigenvalue weighted by Crippen LogP contribution is -2.28. The fraction of sp³-hybridized carbons (Fsp3) is 0.600. The average molecular weight is 144 g/mol. The molecule has 0 aromatic heterocycles. The van der Waals surface area contributed by atoms with E-state index >= 15 is 0 Å². The number of aliphatic carboxylic acids is 1. The number of carboxylic acids is 1. The van der Waals surface area contributed by atoms with Gasteiger partial charge in [0.25, 0.3) is 0 Å². The van der Waals surface area contributed by atoms with Crippen LogP contribution in [0.2, 0.25) is 0 Å². The second-order valence-corrected chi connectivity index (χ2v) is 2.15. The van der Waals surface area contributed by atoms with Gasteiger partial charge in [-0.15, -0.1) is 0 Å². The summed E-state index contributed by atoms with van der Waals surface area (Å²) in [4.78, 5) is 20.5. The molecule has 0 radical (unpaired) electrons. The van der Waals surface area contributed by atoms with Crippen LogP contribution >= 0.6 is 0 Å². The van der Waals surface area contributed by atoms with Crippen LogP contribution in [-0.2, 0) is 4.79 Å². The summed E-state index contributed by atoms with van der Waals surface area (Å²) in [7, 11) is 0. The van der Waals surface area contributed by atoms with Crippen molar-refractivity contribution in [3.63, 3.8) is 0 Å². The third kappa shape index (κ3) is 1.61. The largest absolute Gasteiger partial charge is 0.481 e. The second-order valence-electron chi connectivity index (χ2n) is 2.15. The minimum absolute atomic E-state index is 0.0151. The summed E-state index contributed by atoms with van der Waals surface area (Å²) in [6.45, 7) is 0.408. The molecule has 56 valence electrons. The van der Waals surface area contributed by atoms with Crippen molar-refractivity contribution < 1.29 is 14.7 Å². The van der Waals surface area contributed by atoms with E-state index in [2.05, 4.69) is 10.6 Å². The molecule has 10 heavy (non-hydrogen) atoms. The first kappa shape index (κ1) is 6.85. The molecule has 1 atom stereocenters. The molecular weight excluding hydrogens is 136 g/mol. The van der Waals surface area contributed by atoms with Crippen LogP contribution in [0.5, 0.6) is 0 Å². The van der Waals surface area contributed by atoms with Crippen molar-refractivity contribution in [1.82, 2.24) is 10.6 Å². The van der Waals surface area contributed by atoms with E-state index in [-0.39, 0.29) is 18.5 Å². The Balaban J connectivity index is 2.31. The quantitative estimate of drug-likeness (QED) is 0.472. The Morgan fingerprint density at radius 3 is 2.90 bits per heavy atom. The van der Waals surface area contributed by atoms with Gasteiger partial charge >= 0.3 is 12.0 Å². The van der Waals surface area contributed by atoms with Gasteiger partial charge in [-0.3, -0.25) is 4.79 Å². The van der Waals surface area contributed by atoms with Crippen LogP contribution in [0, 0.1) is 0 Å². The Bertz CT molecular complexity index is 168. The molecule has 0 aliphatic carbocycles. The van der Waals surface area contributed by atoms with Crippen molar-refractivity contribution >= 4 is 12.0 Å². The summed E-state index contributed by atoms with van der Waals surface area (Å²) in [6.07, 6.45) is -0.0151. The van der Waals surface area contributed by atoms with E-state index < -0.39 is 5.97 Å². The van der Waals surface area contributed by atoms with Crippen LogP contribution in [0.1, 0.15) is 6.42 Å². The molecule has 1 fully saturated rings. The number of carbonyl (C=O) groups is 2. The Morgan fingerprint density at radius 1 is 1.80 bits per heavy atom. The highest BCUT2D eigenvalue weighted by molar-refractivity contribution is 5.78. The van der Waals surface area contributed by atoms with Crippen molar-refractivity contribution in [3.05, 3.63) is 0 Å². The van der Waals surface area contributed by atoms with E-state index in [9.17, 15) is 9.59 Å². The Labute approximate surface area is 57.4 Å². The highest BCUT2D eigenvalue weighted by Gasteiger charge is 2.21. The SMILES string of the molecule is O=C(O)C[C@@H]1CNC(=O)N1. The molecule has 0 aromatic carbocycles. The zero-order chi connectivity index (χ0) is 7.56. The van der Waals surface area contributed by atoms with Crippen LogP contribution in [0.25, 0.3) is 0 Å². The summed E-state index contributed by atoms with van der Waals surface area (Å²) in [5.74, 6) is -0.894. The van der Waals surface area contributed by atoms with Gasteiger partial charge in [0, 0.05) is 6.54 Å². The molecule has 1 aliphatic heterocycles. The minimum atomic E-state index is -0.894. The number of nitrogens with one attached hydrogen (secondary N) is 2. The Kier molecular flexibility index (Phi) is 1.75. The van der Waals surface area contributed by atoms with Crippen molar-refractivity contribution in [2.45, 2.75) is 12.5 Å². The molecule has 3 N–H and O–H groups in total. The van der Waals surface area contributed by atoms with Gasteiger partial charge in [0.2, 0.25) is 0 Å². The number of amides is 2. The molecule has 1 aliphatic rings. The molecule has 1 saturated heterocycles. The molecular formula is C5H8N2O3. The molecule has 1 rings (SSSR count). The molecule has 0 bridgehead atoms. The third-order valence-electron chi connectivity index (χ3n) is 1.27. The topological polar surface area (TPSA) is 78.4 Å². The molecule has 0 unspecified atom stereocenters. The maximum atomic E-state index is 10.4. The summed E-state index contributed by atoms with van der Waals surface area (Å²) < 4.78 is 0. The van der Waals surface area contributed by atoms with Crippen molar-refractivity contribution in [2.24, 2.45) is 0 Å².